The van der Waals surface area contributed by atoms with Gasteiger partial charge in [-0.2, -0.15) is 5.26 Å². The van der Waals surface area contributed by atoms with Gasteiger partial charge in [-0.25, -0.2) is 4.39 Å². The Morgan fingerprint density at radius 2 is 2.33 bits per heavy atom. The topological polar surface area (TPSA) is 74.2 Å². The SMILES string of the molecule is COCCNCC(=O)Nc1ccc(F)c(C#N)c1. The van der Waals surface area contributed by atoms with Crippen molar-refractivity contribution in [2.75, 3.05) is 32.1 Å². The summed E-state index contributed by atoms with van der Waals surface area (Å²) in [5, 5.41) is 14.1. The highest BCUT2D eigenvalue weighted by molar-refractivity contribution is 5.92. The molecule has 0 spiro atoms. The molecule has 6 heteroatoms. The first kappa shape index (κ1) is 14.1. The van der Waals surface area contributed by atoms with Gasteiger partial charge in [0, 0.05) is 19.3 Å². The smallest absolute Gasteiger partial charge is 0.238 e. The lowest BCUT2D eigenvalue weighted by atomic mass is 10.2. The van der Waals surface area contributed by atoms with Crippen LogP contribution in [0.2, 0.25) is 0 Å². The second-order valence-electron chi connectivity index (χ2n) is 3.52. The van der Waals surface area contributed by atoms with Crippen LogP contribution in [0.4, 0.5) is 10.1 Å². The van der Waals surface area contributed by atoms with Crippen LogP contribution >= 0.6 is 0 Å². The van der Waals surface area contributed by atoms with Crippen molar-refractivity contribution < 1.29 is 13.9 Å². The molecule has 0 radical (unpaired) electrons. The normalized spacial score (nSPS) is 9.83. The number of hydrogen-bond donors (Lipinski definition) is 2. The molecule has 0 atom stereocenters. The standard InChI is InChI=1S/C12H14FN3O2/c1-18-5-4-15-8-12(17)16-10-2-3-11(13)9(6-10)7-14/h2-3,6,15H,4-5,8H2,1H3,(H,16,17). The molecular weight excluding hydrogens is 237 g/mol. The molecule has 0 saturated heterocycles. The summed E-state index contributed by atoms with van der Waals surface area (Å²) in [7, 11) is 1.57. The van der Waals surface area contributed by atoms with Crippen LogP contribution in [0.25, 0.3) is 0 Å². The Labute approximate surface area is 105 Å². The molecule has 1 aromatic carbocycles. The average molecular weight is 251 g/mol. The summed E-state index contributed by atoms with van der Waals surface area (Å²) in [6, 6.07) is 5.56. The highest BCUT2D eigenvalue weighted by Crippen LogP contribution is 2.13. The van der Waals surface area contributed by atoms with E-state index in [1.165, 1.54) is 12.1 Å². The van der Waals surface area contributed by atoms with E-state index in [0.717, 1.165) is 6.07 Å². The fourth-order valence-electron chi connectivity index (χ4n) is 1.27. The Balaban J connectivity index is 2.47. The number of halogens is 1. The Hall–Kier alpha value is -1.97. The summed E-state index contributed by atoms with van der Waals surface area (Å²) < 4.78 is 17.8. The maximum absolute atomic E-state index is 13.0. The monoisotopic (exact) mass is 251 g/mol. The Bertz CT molecular complexity index is 457. The van der Waals surface area contributed by atoms with Gasteiger partial charge in [0.25, 0.3) is 0 Å². The lowest BCUT2D eigenvalue weighted by Gasteiger charge is -2.06. The molecule has 1 rings (SSSR count). The molecule has 1 amide bonds. The molecule has 5 nitrogen and oxygen atoms in total. The zero-order chi connectivity index (χ0) is 13.4. The third kappa shape index (κ3) is 4.49. The molecule has 1 aromatic rings. The van der Waals surface area contributed by atoms with Crippen LogP contribution in [0.3, 0.4) is 0 Å². The lowest BCUT2D eigenvalue weighted by molar-refractivity contribution is -0.115. The molecule has 0 aliphatic heterocycles. The van der Waals surface area contributed by atoms with Gasteiger partial charge in [0.2, 0.25) is 5.91 Å². The third-order valence-electron chi connectivity index (χ3n) is 2.14. The highest BCUT2D eigenvalue weighted by atomic mass is 19.1. The second-order valence-corrected chi connectivity index (χ2v) is 3.52. The summed E-state index contributed by atoms with van der Waals surface area (Å²) >= 11 is 0. The fourth-order valence-corrected chi connectivity index (χ4v) is 1.27. The lowest BCUT2D eigenvalue weighted by Crippen LogP contribution is -2.30. The van der Waals surface area contributed by atoms with Crippen molar-refractivity contribution in [3.63, 3.8) is 0 Å². The average Bonchev–Trinajstić information content (AvgIpc) is 2.37. The number of carbonyl (C=O) groups excluding carboxylic acids is 1. The van der Waals surface area contributed by atoms with Gasteiger partial charge in [-0.1, -0.05) is 0 Å². The number of carbonyl (C=O) groups is 1. The summed E-state index contributed by atoms with van der Waals surface area (Å²) in [4.78, 5) is 11.5. The molecule has 0 saturated carbocycles. The molecule has 0 aliphatic carbocycles. The fraction of sp³-hybridized carbons (Fsp3) is 0.333. The molecule has 2 N–H and O–H groups in total. The van der Waals surface area contributed by atoms with Crippen molar-refractivity contribution in [1.82, 2.24) is 5.32 Å². The minimum atomic E-state index is -0.603. The zero-order valence-electron chi connectivity index (χ0n) is 10.00. The van der Waals surface area contributed by atoms with Crippen molar-refractivity contribution in [1.29, 1.82) is 5.26 Å². The molecule has 0 fully saturated rings. The van der Waals surface area contributed by atoms with E-state index in [1.807, 2.05) is 0 Å². The molecular formula is C12H14FN3O2. The number of benzene rings is 1. The van der Waals surface area contributed by atoms with Crippen molar-refractivity contribution in [2.45, 2.75) is 0 Å². The van der Waals surface area contributed by atoms with E-state index in [2.05, 4.69) is 10.6 Å². The number of nitrogens with zero attached hydrogens (tertiary/aromatic N) is 1. The quantitative estimate of drug-likeness (QED) is 0.736. The van der Waals surface area contributed by atoms with Crippen LogP contribution in [0.1, 0.15) is 5.56 Å². The van der Waals surface area contributed by atoms with Crippen LogP contribution in [0, 0.1) is 17.1 Å². The molecule has 96 valence electrons. The van der Waals surface area contributed by atoms with Gasteiger partial charge >= 0.3 is 0 Å². The molecule has 0 heterocycles. The first-order valence-electron chi connectivity index (χ1n) is 5.36. The summed E-state index contributed by atoms with van der Waals surface area (Å²) in [6.45, 7) is 1.21. The maximum Gasteiger partial charge on any atom is 0.238 e. The molecule has 18 heavy (non-hydrogen) atoms. The number of nitrogens with one attached hydrogen (secondary N) is 2. The van der Waals surface area contributed by atoms with Crippen LogP contribution in [0.15, 0.2) is 18.2 Å². The van der Waals surface area contributed by atoms with Gasteiger partial charge in [-0.3, -0.25) is 4.79 Å². The van der Waals surface area contributed by atoms with Crippen LogP contribution in [-0.4, -0.2) is 32.7 Å². The number of rotatable bonds is 6. The largest absolute Gasteiger partial charge is 0.383 e. The number of methoxy groups -OCH3 is 1. The van der Waals surface area contributed by atoms with Crippen molar-refractivity contribution in [3.8, 4) is 6.07 Å². The van der Waals surface area contributed by atoms with E-state index >= 15 is 0 Å². The van der Waals surface area contributed by atoms with Gasteiger partial charge in [-0.15, -0.1) is 0 Å². The van der Waals surface area contributed by atoms with E-state index < -0.39 is 5.82 Å². The number of ether oxygens (including phenoxy) is 1. The first-order chi connectivity index (χ1) is 8.67. The highest BCUT2D eigenvalue weighted by Gasteiger charge is 2.05. The zero-order valence-corrected chi connectivity index (χ0v) is 10.00. The van der Waals surface area contributed by atoms with Crippen LogP contribution in [-0.2, 0) is 9.53 Å². The van der Waals surface area contributed by atoms with Gasteiger partial charge in [0.15, 0.2) is 0 Å². The summed E-state index contributed by atoms with van der Waals surface area (Å²) in [5.41, 5.74) is 0.298. The molecule has 0 bridgehead atoms. The minimum Gasteiger partial charge on any atom is -0.383 e. The molecule has 0 aromatic heterocycles. The number of amides is 1. The van der Waals surface area contributed by atoms with Gasteiger partial charge in [0.1, 0.15) is 11.9 Å². The summed E-state index contributed by atoms with van der Waals surface area (Å²) in [6.07, 6.45) is 0. The van der Waals surface area contributed by atoms with Crippen LogP contribution < -0.4 is 10.6 Å². The van der Waals surface area contributed by atoms with Gasteiger partial charge in [0.05, 0.1) is 18.7 Å². The van der Waals surface area contributed by atoms with Crippen LogP contribution in [0.5, 0.6) is 0 Å². The van der Waals surface area contributed by atoms with E-state index in [9.17, 15) is 9.18 Å². The molecule has 0 unspecified atom stereocenters. The second kappa shape index (κ2) is 7.37. The predicted molar refractivity (Wildman–Crippen MR) is 64.5 cm³/mol. The first-order valence-corrected chi connectivity index (χ1v) is 5.36. The van der Waals surface area contributed by atoms with E-state index in [-0.39, 0.29) is 18.0 Å². The molecule has 0 aliphatic rings. The maximum atomic E-state index is 13.0. The van der Waals surface area contributed by atoms with Gasteiger partial charge < -0.3 is 15.4 Å². The number of hydrogen-bond acceptors (Lipinski definition) is 4. The Morgan fingerprint density at radius 3 is 3.00 bits per heavy atom. The van der Waals surface area contributed by atoms with Gasteiger partial charge in [-0.05, 0) is 18.2 Å². The number of nitriles is 1. The van der Waals surface area contributed by atoms with E-state index in [0.29, 0.717) is 18.8 Å². The third-order valence-corrected chi connectivity index (χ3v) is 2.14. The Kier molecular flexibility index (Phi) is 5.77. The Morgan fingerprint density at radius 1 is 1.56 bits per heavy atom. The van der Waals surface area contributed by atoms with E-state index in [4.69, 9.17) is 10.00 Å². The number of anilines is 1. The summed E-state index contributed by atoms with van der Waals surface area (Å²) in [5.74, 6) is -0.865. The van der Waals surface area contributed by atoms with Crippen molar-refractivity contribution in [3.05, 3.63) is 29.6 Å². The minimum absolute atomic E-state index is 0.0971. The van der Waals surface area contributed by atoms with Crippen molar-refractivity contribution in [2.24, 2.45) is 0 Å². The van der Waals surface area contributed by atoms with E-state index in [1.54, 1.807) is 13.2 Å². The van der Waals surface area contributed by atoms with Crippen molar-refractivity contribution >= 4 is 11.6 Å². The predicted octanol–water partition coefficient (Wildman–Crippen LogP) is 0.872.